The van der Waals surface area contributed by atoms with Crippen LogP contribution in [-0.4, -0.2) is 16.0 Å². The summed E-state index contributed by atoms with van der Waals surface area (Å²) in [6.45, 7) is 0.485. The van der Waals surface area contributed by atoms with Crippen LogP contribution < -0.4 is 5.73 Å². The van der Waals surface area contributed by atoms with Gasteiger partial charge in [-0.3, -0.25) is 0 Å². The predicted molar refractivity (Wildman–Crippen MR) is 71.0 cm³/mol. The van der Waals surface area contributed by atoms with Gasteiger partial charge in [0.2, 0.25) is 0 Å². The van der Waals surface area contributed by atoms with Crippen molar-refractivity contribution in [3.63, 3.8) is 0 Å². The molecule has 16 heavy (non-hydrogen) atoms. The third-order valence-corrected chi connectivity index (χ3v) is 5.84. The molecule has 0 spiro atoms. The number of thiophene rings is 1. The van der Waals surface area contributed by atoms with Crippen LogP contribution in [0.1, 0.15) is 15.4 Å². The molecule has 0 aliphatic carbocycles. The number of hydrogen-bond acceptors (Lipinski definition) is 6. The predicted octanol–water partition coefficient (Wildman–Crippen LogP) is 2.51. The Morgan fingerprint density at radius 1 is 1.31 bits per heavy atom. The summed E-state index contributed by atoms with van der Waals surface area (Å²) in [4.78, 5) is 2.78. The molecular weight excluding hydrogens is 258 g/mol. The summed E-state index contributed by atoms with van der Waals surface area (Å²) in [6.07, 6.45) is 1.20. The molecule has 2 aromatic heterocycles. The average molecular weight is 269 g/mol. The van der Waals surface area contributed by atoms with Crippen molar-refractivity contribution < 1.29 is 0 Å². The summed E-state index contributed by atoms with van der Waals surface area (Å²) < 4.78 is 0. The number of rotatable bonds is 2. The molecule has 0 atom stereocenters. The van der Waals surface area contributed by atoms with E-state index in [0.29, 0.717) is 6.54 Å². The van der Waals surface area contributed by atoms with Crippen LogP contribution in [0.3, 0.4) is 0 Å². The molecule has 0 aromatic carbocycles. The van der Waals surface area contributed by atoms with Crippen LogP contribution in [0.5, 0.6) is 0 Å². The van der Waals surface area contributed by atoms with Crippen molar-refractivity contribution in [2.24, 2.45) is 5.73 Å². The lowest BCUT2D eigenvalue weighted by molar-refractivity contribution is 0.961. The highest BCUT2D eigenvalue weighted by Crippen LogP contribution is 2.37. The zero-order valence-corrected chi connectivity index (χ0v) is 11.1. The smallest absolute Gasteiger partial charge is 0.157 e. The molecule has 6 heteroatoms. The van der Waals surface area contributed by atoms with Gasteiger partial charge in [-0.1, -0.05) is 11.3 Å². The maximum atomic E-state index is 5.55. The van der Waals surface area contributed by atoms with Crippen molar-refractivity contribution in [3.05, 3.63) is 21.5 Å². The molecule has 0 bridgehead atoms. The van der Waals surface area contributed by atoms with Crippen LogP contribution in [-0.2, 0) is 18.7 Å². The fourth-order valence-electron chi connectivity index (χ4n) is 1.69. The largest absolute Gasteiger partial charge is 0.324 e. The van der Waals surface area contributed by atoms with Gasteiger partial charge in [0, 0.05) is 17.2 Å². The Balaban J connectivity index is 1.96. The number of fused-ring (bicyclic) bond motifs is 1. The lowest BCUT2D eigenvalue weighted by atomic mass is 10.2. The summed E-state index contributed by atoms with van der Waals surface area (Å²) >= 11 is 5.48. The molecule has 3 heterocycles. The van der Waals surface area contributed by atoms with E-state index in [9.17, 15) is 0 Å². The summed E-state index contributed by atoms with van der Waals surface area (Å²) in [7, 11) is 0. The van der Waals surface area contributed by atoms with E-state index in [1.807, 2.05) is 23.1 Å². The zero-order chi connectivity index (χ0) is 11.0. The molecule has 0 fully saturated rings. The van der Waals surface area contributed by atoms with Gasteiger partial charge in [-0.2, -0.15) is 11.8 Å². The van der Waals surface area contributed by atoms with Gasteiger partial charge in [-0.15, -0.1) is 21.5 Å². The second-order valence-electron chi connectivity index (χ2n) is 3.57. The minimum absolute atomic E-state index is 0.485. The normalized spacial score (nSPS) is 15.1. The summed E-state index contributed by atoms with van der Waals surface area (Å²) in [5.41, 5.74) is 7.03. The first kappa shape index (κ1) is 10.7. The van der Waals surface area contributed by atoms with Gasteiger partial charge in [-0.25, -0.2) is 0 Å². The van der Waals surface area contributed by atoms with Crippen molar-refractivity contribution in [1.29, 1.82) is 0 Å². The lowest BCUT2D eigenvalue weighted by Gasteiger charge is -2.08. The summed E-state index contributed by atoms with van der Waals surface area (Å²) in [6, 6.07) is 2.27. The molecule has 1 aliphatic heterocycles. The van der Waals surface area contributed by atoms with Crippen LogP contribution in [0.2, 0.25) is 0 Å². The molecule has 0 saturated heterocycles. The van der Waals surface area contributed by atoms with Crippen LogP contribution in [0.4, 0.5) is 0 Å². The first-order chi connectivity index (χ1) is 7.86. The van der Waals surface area contributed by atoms with Crippen LogP contribution in [0.15, 0.2) is 6.07 Å². The van der Waals surface area contributed by atoms with Gasteiger partial charge in [-0.05, 0) is 23.8 Å². The molecule has 2 aromatic rings. The Hall–Kier alpha value is -0.430. The van der Waals surface area contributed by atoms with E-state index >= 15 is 0 Å². The van der Waals surface area contributed by atoms with E-state index in [4.69, 9.17) is 5.73 Å². The number of nitrogens with zero attached hydrogens (tertiary/aromatic N) is 2. The summed E-state index contributed by atoms with van der Waals surface area (Å²) in [5.74, 6) is 2.39. The van der Waals surface area contributed by atoms with E-state index in [1.165, 1.54) is 27.5 Å². The van der Waals surface area contributed by atoms with Gasteiger partial charge in [0.25, 0.3) is 0 Å². The highest BCUT2D eigenvalue weighted by atomic mass is 32.2. The maximum Gasteiger partial charge on any atom is 0.157 e. The third-order valence-electron chi connectivity index (χ3n) is 2.48. The van der Waals surface area contributed by atoms with Crippen LogP contribution >= 0.6 is 34.4 Å². The van der Waals surface area contributed by atoms with E-state index in [-0.39, 0.29) is 0 Å². The second kappa shape index (κ2) is 4.44. The molecule has 0 saturated carbocycles. The van der Waals surface area contributed by atoms with E-state index in [1.54, 1.807) is 11.3 Å². The van der Waals surface area contributed by atoms with Gasteiger partial charge < -0.3 is 5.73 Å². The van der Waals surface area contributed by atoms with E-state index in [0.717, 1.165) is 15.8 Å². The second-order valence-corrected chi connectivity index (χ2v) is 6.87. The standard InChI is InChI=1S/C10H11N3S3/c11-4-9-12-13-10(16-9)8-3-6-5-14-2-1-7(6)15-8/h3H,1-2,4-5,11H2. The summed E-state index contributed by atoms with van der Waals surface area (Å²) in [5, 5.41) is 10.2. The molecule has 0 radical (unpaired) electrons. The van der Waals surface area contributed by atoms with E-state index < -0.39 is 0 Å². The van der Waals surface area contributed by atoms with Crippen molar-refractivity contribution >= 4 is 34.4 Å². The van der Waals surface area contributed by atoms with E-state index in [2.05, 4.69) is 16.3 Å². The van der Waals surface area contributed by atoms with Crippen molar-refractivity contribution in [3.8, 4) is 9.88 Å². The fourth-order valence-corrected chi connectivity index (χ4v) is 4.82. The number of hydrogen-bond donors (Lipinski definition) is 1. The number of thioether (sulfide) groups is 1. The highest BCUT2D eigenvalue weighted by molar-refractivity contribution is 7.98. The number of nitrogens with two attached hydrogens (primary N) is 1. The van der Waals surface area contributed by atoms with Crippen molar-refractivity contribution in [2.75, 3.05) is 5.75 Å². The Labute approximate surface area is 106 Å². The first-order valence-corrected chi connectivity index (χ1v) is 7.88. The first-order valence-electron chi connectivity index (χ1n) is 5.09. The van der Waals surface area contributed by atoms with Crippen LogP contribution in [0, 0.1) is 0 Å². The van der Waals surface area contributed by atoms with Crippen molar-refractivity contribution in [1.82, 2.24) is 10.2 Å². The number of aromatic nitrogens is 2. The Kier molecular flexibility index (Phi) is 2.97. The topological polar surface area (TPSA) is 51.8 Å². The number of aryl methyl sites for hydroxylation is 1. The highest BCUT2D eigenvalue weighted by Gasteiger charge is 2.16. The molecule has 3 nitrogen and oxygen atoms in total. The molecule has 2 N–H and O–H groups in total. The third kappa shape index (κ3) is 1.90. The molecule has 3 rings (SSSR count). The molecular formula is C10H11N3S3. The van der Waals surface area contributed by atoms with Crippen molar-refractivity contribution in [2.45, 2.75) is 18.7 Å². The average Bonchev–Trinajstić information content (AvgIpc) is 2.95. The van der Waals surface area contributed by atoms with Gasteiger partial charge in [0.05, 0.1) is 4.88 Å². The zero-order valence-electron chi connectivity index (χ0n) is 8.60. The SMILES string of the molecule is NCc1nnc(-c2cc3c(s2)CCSC3)s1. The maximum absolute atomic E-state index is 5.55. The molecule has 84 valence electrons. The molecule has 0 unspecified atom stereocenters. The molecule has 0 amide bonds. The fraction of sp³-hybridized carbons (Fsp3) is 0.400. The minimum Gasteiger partial charge on any atom is -0.324 e. The minimum atomic E-state index is 0.485. The monoisotopic (exact) mass is 269 g/mol. The van der Waals surface area contributed by atoms with Crippen LogP contribution in [0.25, 0.3) is 9.88 Å². The Morgan fingerprint density at radius 2 is 2.25 bits per heavy atom. The van der Waals surface area contributed by atoms with Gasteiger partial charge >= 0.3 is 0 Å². The lowest BCUT2D eigenvalue weighted by Crippen LogP contribution is -1.96. The Morgan fingerprint density at radius 3 is 3.00 bits per heavy atom. The van der Waals surface area contributed by atoms with Gasteiger partial charge in [0.15, 0.2) is 5.01 Å². The van der Waals surface area contributed by atoms with Gasteiger partial charge in [0.1, 0.15) is 5.01 Å². The molecule has 1 aliphatic rings. The Bertz CT molecular complexity index is 480. The quantitative estimate of drug-likeness (QED) is 0.910.